The van der Waals surface area contributed by atoms with Gasteiger partial charge in [-0.1, -0.05) is 36.2 Å². The third kappa shape index (κ3) is 5.23. The van der Waals surface area contributed by atoms with E-state index in [4.69, 9.17) is 16.3 Å². The molecule has 0 radical (unpaired) electrons. The lowest BCUT2D eigenvalue weighted by Gasteiger charge is -2.35. The lowest BCUT2D eigenvalue weighted by molar-refractivity contribution is 0.164. The molecule has 0 aliphatic carbocycles. The van der Waals surface area contributed by atoms with E-state index >= 15 is 0 Å². The van der Waals surface area contributed by atoms with Crippen LogP contribution in [0.2, 0.25) is 5.02 Å². The molecule has 5 nitrogen and oxygen atoms in total. The Morgan fingerprint density at radius 3 is 2.44 bits per heavy atom. The van der Waals surface area contributed by atoms with Crippen LogP contribution in [-0.4, -0.2) is 40.1 Å². The molecule has 0 spiro atoms. The molecule has 1 N–H and O–H groups in total. The molecular formula is C20H25ClN2O3S. The number of likely N-dealkylation sites (tertiary alicyclic amines) is 1. The zero-order valence-electron chi connectivity index (χ0n) is 15.4. The summed E-state index contributed by atoms with van der Waals surface area (Å²) in [7, 11) is -1.99. The van der Waals surface area contributed by atoms with Crippen LogP contribution >= 0.6 is 11.6 Å². The molecule has 0 saturated carbocycles. The Balaban J connectivity index is 1.80. The summed E-state index contributed by atoms with van der Waals surface area (Å²) in [5.41, 5.74) is 1.08. The van der Waals surface area contributed by atoms with Gasteiger partial charge in [0.1, 0.15) is 5.75 Å². The van der Waals surface area contributed by atoms with Crippen molar-refractivity contribution < 1.29 is 13.2 Å². The molecule has 1 fully saturated rings. The second-order valence-electron chi connectivity index (χ2n) is 6.69. The maximum absolute atomic E-state index is 12.7. The van der Waals surface area contributed by atoms with Crippen molar-refractivity contribution in [2.24, 2.45) is 0 Å². The van der Waals surface area contributed by atoms with Crippen molar-refractivity contribution in [2.75, 3.05) is 26.7 Å². The van der Waals surface area contributed by atoms with Crippen LogP contribution in [0.3, 0.4) is 0 Å². The average molecular weight is 409 g/mol. The molecule has 27 heavy (non-hydrogen) atoms. The van der Waals surface area contributed by atoms with Crippen LogP contribution in [0.1, 0.15) is 30.9 Å². The molecule has 146 valence electrons. The van der Waals surface area contributed by atoms with Crippen molar-refractivity contribution in [3.05, 3.63) is 59.1 Å². The molecular weight excluding hydrogens is 384 g/mol. The highest BCUT2D eigenvalue weighted by Crippen LogP contribution is 2.26. The van der Waals surface area contributed by atoms with E-state index in [1.54, 1.807) is 25.3 Å². The zero-order chi connectivity index (χ0) is 19.3. The Bertz CT molecular complexity index is 850. The number of ether oxygens (including phenoxy) is 1. The van der Waals surface area contributed by atoms with Crippen molar-refractivity contribution in [2.45, 2.75) is 30.2 Å². The molecule has 0 aromatic heterocycles. The SMILES string of the molecule is COc1ccc(C(CNS(=O)(=O)c2cccc(Cl)c2)N2CCCCC2)cc1. The molecule has 7 heteroatoms. The molecule has 1 heterocycles. The zero-order valence-corrected chi connectivity index (χ0v) is 17.0. The third-order valence-corrected chi connectivity index (χ3v) is 6.56. The second kappa shape index (κ2) is 9.06. The number of piperidine rings is 1. The van der Waals surface area contributed by atoms with Gasteiger partial charge in [0.15, 0.2) is 0 Å². The Morgan fingerprint density at radius 2 is 1.81 bits per heavy atom. The minimum absolute atomic E-state index is 0.0230. The van der Waals surface area contributed by atoms with Crippen molar-refractivity contribution >= 4 is 21.6 Å². The van der Waals surface area contributed by atoms with Gasteiger partial charge in [-0.25, -0.2) is 13.1 Å². The number of hydrogen-bond acceptors (Lipinski definition) is 4. The largest absolute Gasteiger partial charge is 0.497 e. The molecule has 1 unspecified atom stereocenters. The quantitative estimate of drug-likeness (QED) is 0.755. The number of sulfonamides is 1. The van der Waals surface area contributed by atoms with Gasteiger partial charge in [0.2, 0.25) is 10.0 Å². The minimum Gasteiger partial charge on any atom is -0.497 e. The normalized spacial score (nSPS) is 16.8. The van der Waals surface area contributed by atoms with Crippen LogP contribution in [0, 0.1) is 0 Å². The standard InChI is InChI=1S/C20H25ClN2O3S/c1-26-18-10-8-16(9-11-18)20(23-12-3-2-4-13-23)15-22-27(24,25)19-7-5-6-17(21)14-19/h5-11,14,20,22H,2-4,12-13,15H2,1H3. The predicted molar refractivity (Wildman–Crippen MR) is 108 cm³/mol. The third-order valence-electron chi connectivity index (χ3n) is 4.91. The molecule has 3 rings (SSSR count). The van der Waals surface area contributed by atoms with Gasteiger partial charge in [-0.15, -0.1) is 0 Å². The number of hydrogen-bond donors (Lipinski definition) is 1. The van der Waals surface area contributed by atoms with Gasteiger partial charge in [-0.05, 0) is 61.8 Å². The fourth-order valence-electron chi connectivity index (χ4n) is 3.42. The monoisotopic (exact) mass is 408 g/mol. The van der Waals surface area contributed by atoms with Gasteiger partial charge in [0.05, 0.1) is 12.0 Å². The number of nitrogens with one attached hydrogen (secondary N) is 1. The molecule has 2 aromatic rings. The van der Waals surface area contributed by atoms with Gasteiger partial charge in [0.25, 0.3) is 0 Å². The first kappa shape index (κ1) is 20.1. The summed E-state index contributed by atoms with van der Waals surface area (Å²) >= 11 is 5.95. The van der Waals surface area contributed by atoms with E-state index in [1.165, 1.54) is 12.5 Å². The topological polar surface area (TPSA) is 58.6 Å². The average Bonchev–Trinajstić information content (AvgIpc) is 2.69. The van der Waals surface area contributed by atoms with E-state index in [-0.39, 0.29) is 10.9 Å². The van der Waals surface area contributed by atoms with E-state index in [1.807, 2.05) is 24.3 Å². The summed E-state index contributed by atoms with van der Waals surface area (Å²) < 4.78 is 33.4. The summed E-state index contributed by atoms with van der Waals surface area (Å²) in [6, 6.07) is 14.1. The number of halogens is 1. The highest BCUT2D eigenvalue weighted by molar-refractivity contribution is 7.89. The van der Waals surface area contributed by atoms with Crippen molar-refractivity contribution in [1.82, 2.24) is 9.62 Å². The number of rotatable bonds is 7. The first-order valence-electron chi connectivity index (χ1n) is 9.13. The van der Waals surface area contributed by atoms with E-state index in [0.29, 0.717) is 11.6 Å². The predicted octanol–water partition coefficient (Wildman–Crippen LogP) is 3.85. The Labute approximate surface area is 166 Å². The summed E-state index contributed by atoms with van der Waals surface area (Å²) in [6.07, 6.45) is 3.49. The summed E-state index contributed by atoms with van der Waals surface area (Å²) in [4.78, 5) is 2.54. The highest BCUT2D eigenvalue weighted by atomic mass is 35.5. The van der Waals surface area contributed by atoms with E-state index < -0.39 is 10.0 Å². The molecule has 1 atom stereocenters. The van der Waals surface area contributed by atoms with Crippen LogP contribution in [0.4, 0.5) is 0 Å². The fraction of sp³-hybridized carbons (Fsp3) is 0.400. The van der Waals surface area contributed by atoms with Crippen molar-refractivity contribution in [3.8, 4) is 5.75 Å². The van der Waals surface area contributed by atoms with Gasteiger partial charge in [-0.3, -0.25) is 4.90 Å². The summed E-state index contributed by atoms with van der Waals surface area (Å²) in [6.45, 7) is 2.24. The van der Waals surface area contributed by atoms with Crippen molar-refractivity contribution in [3.63, 3.8) is 0 Å². The molecule has 0 bridgehead atoms. The van der Waals surface area contributed by atoms with Crippen LogP contribution in [0.15, 0.2) is 53.4 Å². The molecule has 2 aromatic carbocycles. The van der Waals surface area contributed by atoms with Crippen LogP contribution < -0.4 is 9.46 Å². The molecule has 1 aliphatic heterocycles. The van der Waals surface area contributed by atoms with Gasteiger partial charge < -0.3 is 4.74 Å². The maximum Gasteiger partial charge on any atom is 0.240 e. The molecule has 0 amide bonds. The summed E-state index contributed by atoms with van der Waals surface area (Å²) in [5, 5.41) is 0.403. The van der Waals surface area contributed by atoms with Crippen LogP contribution in [-0.2, 0) is 10.0 Å². The Morgan fingerprint density at radius 1 is 1.11 bits per heavy atom. The number of methoxy groups -OCH3 is 1. The lowest BCUT2D eigenvalue weighted by Crippen LogP contribution is -2.40. The Hall–Kier alpha value is -1.60. The van der Waals surface area contributed by atoms with Crippen LogP contribution in [0.25, 0.3) is 0 Å². The molecule has 1 aliphatic rings. The summed E-state index contributed by atoms with van der Waals surface area (Å²) in [5.74, 6) is 0.788. The molecule has 1 saturated heterocycles. The fourth-order valence-corrected chi connectivity index (χ4v) is 4.76. The van der Waals surface area contributed by atoms with Gasteiger partial charge >= 0.3 is 0 Å². The first-order chi connectivity index (χ1) is 13.0. The smallest absolute Gasteiger partial charge is 0.240 e. The lowest BCUT2D eigenvalue weighted by atomic mass is 10.0. The van der Waals surface area contributed by atoms with Crippen molar-refractivity contribution in [1.29, 1.82) is 0 Å². The first-order valence-corrected chi connectivity index (χ1v) is 11.0. The van der Waals surface area contributed by atoms with E-state index in [2.05, 4.69) is 9.62 Å². The second-order valence-corrected chi connectivity index (χ2v) is 8.90. The van der Waals surface area contributed by atoms with Gasteiger partial charge in [-0.2, -0.15) is 0 Å². The highest BCUT2D eigenvalue weighted by Gasteiger charge is 2.25. The van der Waals surface area contributed by atoms with E-state index in [9.17, 15) is 8.42 Å². The van der Waals surface area contributed by atoms with Crippen LogP contribution in [0.5, 0.6) is 5.75 Å². The number of nitrogens with zero attached hydrogens (tertiary/aromatic N) is 1. The van der Waals surface area contributed by atoms with E-state index in [0.717, 1.165) is 37.2 Å². The van der Waals surface area contributed by atoms with Gasteiger partial charge in [0, 0.05) is 17.6 Å². The Kier molecular flexibility index (Phi) is 6.76. The minimum atomic E-state index is -3.62. The number of benzene rings is 2. The maximum atomic E-state index is 12.7.